The monoisotopic (exact) mass is 626 g/mol. The molecule has 0 saturated heterocycles. The summed E-state index contributed by atoms with van der Waals surface area (Å²) in [6.07, 6.45) is 0. The molecule has 0 aliphatic carbocycles. The Bertz CT molecular complexity index is 2810. The minimum Gasteiger partial charge on any atom is -0.454 e. The second-order valence-corrected chi connectivity index (χ2v) is 12.6. The van der Waals surface area contributed by atoms with Crippen molar-refractivity contribution in [3.05, 3.63) is 182 Å². The van der Waals surface area contributed by atoms with E-state index in [1.54, 1.807) is 0 Å². The number of benzene rings is 8. The molecule has 0 spiro atoms. The van der Waals surface area contributed by atoms with E-state index in [1.807, 2.05) is 0 Å². The molecular weight excluding hydrogens is 597 g/mol. The fourth-order valence-electron chi connectivity index (χ4n) is 7.54. The number of anilines is 3. The molecule has 49 heavy (non-hydrogen) atoms. The molecule has 0 aliphatic heterocycles. The van der Waals surface area contributed by atoms with Crippen LogP contribution in [0.5, 0.6) is 0 Å². The van der Waals surface area contributed by atoms with Gasteiger partial charge < -0.3 is 13.9 Å². The quantitative estimate of drug-likeness (QED) is 0.190. The predicted octanol–water partition coefficient (Wildman–Crippen LogP) is 13.0. The molecule has 10 aromatic rings. The fourth-order valence-corrected chi connectivity index (χ4v) is 7.54. The summed E-state index contributed by atoms with van der Waals surface area (Å²) in [6, 6.07) is 64.7. The van der Waals surface area contributed by atoms with E-state index in [9.17, 15) is 0 Å². The first-order valence-corrected chi connectivity index (χ1v) is 16.7. The summed E-state index contributed by atoms with van der Waals surface area (Å²) in [6.45, 7) is 0. The van der Waals surface area contributed by atoms with Crippen molar-refractivity contribution in [3.8, 4) is 16.8 Å². The molecule has 230 valence electrons. The third-order valence-electron chi connectivity index (χ3n) is 9.77. The first-order chi connectivity index (χ1) is 24.3. The van der Waals surface area contributed by atoms with Crippen LogP contribution in [0, 0.1) is 0 Å². The zero-order chi connectivity index (χ0) is 32.3. The molecule has 0 unspecified atom stereocenters. The Labute approximate surface area is 283 Å². The van der Waals surface area contributed by atoms with Gasteiger partial charge in [-0.05, 0) is 76.5 Å². The Kier molecular flexibility index (Phi) is 6.18. The maximum absolute atomic E-state index is 6.88. The maximum atomic E-state index is 6.88. The van der Waals surface area contributed by atoms with Gasteiger partial charge in [-0.2, -0.15) is 0 Å². The van der Waals surface area contributed by atoms with Gasteiger partial charge in [0.1, 0.15) is 5.58 Å². The molecule has 0 N–H and O–H groups in total. The summed E-state index contributed by atoms with van der Waals surface area (Å²) in [7, 11) is 0. The van der Waals surface area contributed by atoms with Gasteiger partial charge in [0.25, 0.3) is 0 Å². The first-order valence-electron chi connectivity index (χ1n) is 16.7. The van der Waals surface area contributed by atoms with Crippen LogP contribution in [0.4, 0.5) is 17.1 Å². The van der Waals surface area contributed by atoms with Gasteiger partial charge in [-0.1, -0.05) is 121 Å². The Morgan fingerprint density at radius 3 is 1.90 bits per heavy atom. The number of hydrogen-bond acceptors (Lipinski definition) is 2. The Hall–Kier alpha value is -6.58. The number of furan rings is 1. The van der Waals surface area contributed by atoms with E-state index in [-0.39, 0.29) is 0 Å². The van der Waals surface area contributed by atoms with Crippen LogP contribution >= 0.6 is 0 Å². The lowest BCUT2D eigenvalue weighted by molar-refractivity contribution is 0.666. The molecule has 0 fully saturated rings. The first kappa shape index (κ1) is 27.5. The Balaban J connectivity index is 1.16. The highest BCUT2D eigenvalue weighted by Gasteiger charge is 2.20. The molecular formula is C46H30N2O. The summed E-state index contributed by atoms with van der Waals surface area (Å²) in [5, 5.41) is 7.20. The zero-order valence-electron chi connectivity index (χ0n) is 26.6. The molecule has 8 aromatic carbocycles. The topological polar surface area (TPSA) is 21.3 Å². The van der Waals surface area contributed by atoms with E-state index in [2.05, 4.69) is 191 Å². The van der Waals surface area contributed by atoms with Crippen LogP contribution in [-0.4, -0.2) is 4.57 Å². The Morgan fingerprint density at radius 1 is 0.408 bits per heavy atom. The summed E-state index contributed by atoms with van der Waals surface area (Å²) >= 11 is 0. The number of nitrogens with zero attached hydrogens (tertiary/aromatic N) is 2. The molecule has 10 rings (SSSR count). The molecule has 3 nitrogen and oxygen atoms in total. The SMILES string of the molecule is c1ccc(-c2ccc(N(c3ccccc3)c3ccc4c(c3)oc3c(-n5c6ccccc6c6c7ccccc7ccc65)cccc34)cc2)cc1. The second kappa shape index (κ2) is 11.0. The second-order valence-electron chi connectivity index (χ2n) is 12.6. The highest BCUT2D eigenvalue weighted by molar-refractivity contribution is 6.22. The molecule has 0 saturated carbocycles. The molecule has 0 radical (unpaired) electrons. The van der Waals surface area contributed by atoms with Crippen LogP contribution < -0.4 is 4.90 Å². The smallest absolute Gasteiger partial charge is 0.159 e. The van der Waals surface area contributed by atoms with E-state index >= 15 is 0 Å². The van der Waals surface area contributed by atoms with Crippen LogP contribution in [0.2, 0.25) is 0 Å². The van der Waals surface area contributed by atoms with Crippen LogP contribution in [0.15, 0.2) is 186 Å². The average molecular weight is 627 g/mol. The lowest BCUT2D eigenvalue weighted by Crippen LogP contribution is -2.09. The number of fused-ring (bicyclic) bond motifs is 8. The third kappa shape index (κ3) is 4.37. The molecule has 3 heteroatoms. The molecule has 0 bridgehead atoms. The van der Waals surface area contributed by atoms with Gasteiger partial charge >= 0.3 is 0 Å². The summed E-state index contributed by atoms with van der Waals surface area (Å²) < 4.78 is 9.25. The summed E-state index contributed by atoms with van der Waals surface area (Å²) in [5.74, 6) is 0. The van der Waals surface area contributed by atoms with Gasteiger partial charge in [0.2, 0.25) is 0 Å². The minimum absolute atomic E-state index is 0.855. The fraction of sp³-hybridized carbons (Fsp3) is 0. The predicted molar refractivity (Wildman–Crippen MR) is 206 cm³/mol. The van der Waals surface area contributed by atoms with Gasteiger partial charge in [-0.3, -0.25) is 0 Å². The minimum atomic E-state index is 0.855. The van der Waals surface area contributed by atoms with Gasteiger partial charge in [0.05, 0.1) is 16.7 Å². The van der Waals surface area contributed by atoms with Crippen molar-refractivity contribution in [2.24, 2.45) is 0 Å². The molecule has 0 atom stereocenters. The van der Waals surface area contributed by atoms with Crippen molar-refractivity contribution < 1.29 is 4.42 Å². The van der Waals surface area contributed by atoms with Gasteiger partial charge in [-0.15, -0.1) is 0 Å². The lowest BCUT2D eigenvalue weighted by atomic mass is 10.0. The normalized spacial score (nSPS) is 11.7. The standard InChI is InChI=1S/C46H30N2O/c1-3-12-31(13-4-1)32-22-25-35(26-23-32)47(34-15-5-2-6-16-34)36-27-28-38-39-19-11-21-43(46(39)49-44(38)30-36)48-41-20-10-9-18-40(41)45-37-17-8-7-14-33(37)24-29-42(45)48/h1-30H. The van der Waals surface area contributed by atoms with Crippen molar-refractivity contribution in [2.45, 2.75) is 0 Å². The van der Waals surface area contributed by atoms with E-state index in [1.165, 1.54) is 38.2 Å². The maximum Gasteiger partial charge on any atom is 0.159 e. The van der Waals surface area contributed by atoms with Gasteiger partial charge in [0, 0.05) is 44.7 Å². The van der Waals surface area contributed by atoms with E-state index < -0.39 is 0 Å². The van der Waals surface area contributed by atoms with Gasteiger partial charge in [-0.25, -0.2) is 0 Å². The zero-order valence-corrected chi connectivity index (χ0v) is 26.6. The highest BCUT2D eigenvalue weighted by atomic mass is 16.3. The van der Waals surface area contributed by atoms with Crippen LogP contribution in [0.25, 0.3) is 71.3 Å². The van der Waals surface area contributed by atoms with E-state index in [4.69, 9.17) is 4.42 Å². The van der Waals surface area contributed by atoms with Crippen molar-refractivity contribution in [2.75, 3.05) is 4.90 Å². The molecule has 0 aliphatic rings. The largest absolute Gasteiger partial charge is 0.454 e. The lowest BCUT2D eigenvalue weighted by Gasteiger charge is -2.25. The highest BCUT2D eigenvalue weighted by Crippen LogP contribution is 2.42. The molecule has 2 aromatic heterocycles. The number of aromatic nitrogens is 1. The average Bonchev–Trinajstić information content (AvgIpc) is 3.72. The Morgan fingerprint density at radius 2 is 1.06 bits per heavy atom. The summed E-state index contributed by atoms with van der Waals surface area (Å²) in [4.78, 5) is 2.29. The molecule has 2 heterocycles. The van der Waals surface area contributed by atoms with E-state index in [0.717, 1.165) is 50.2 Å². The third-order valence-corrected chi connectivity index (χ3v) is 9.77. The van der Waals surface area contributed by atoms with Crippen LogP contribution in [-0.2, 0) is 0 Å². The number of hydrogen-bond donors (Lipinski definition) is 0. The number of para-hydroxylation sites is 3. The van der Waals surface area contributed by atoms with Crippen molar-refractivity contribution >= 4 is 71.6 Å². The van der Waals surface area contributed by atoms with E-state index in [0.29, 0.717) is 0 Å². The number of rotatable bonds is 5. The van der Waals surface area contributed by atoms with Crippen molar-refractivity contribution in [3.63, 3.8) is 0 Å². The van der Waals surface area contributed by atoms with Gasteiger partial charge in [0.15, 0.2) is 5.58 Å². The molecule has 0 amide bonds. The summed E-state index contributed by atoms with van der Waals surface area (Å²) in [5.41, 5.74) is 10.7. The van der Waals surface area contributed by atoms with Crippen LogP contribution in [0.1, 0.15) is 0 Å². The van der Waals surface area contributed by atoms with Crippen molar-refractivity contribution in [1.29, 1.82) is 0 Å². The van der Waals surface area contributed by atoms with Crippen molar-refractivity contribution in [1.82, 2.24) is 4.57 Å². The van der Waals surface area contributed by atoms with Crippen LogP contribution in [0.3, 0.4) is 0 Å².